The Morgan fingerprint density at radius 2 is 1.68 bits per heavy atom. The Hall–Kier alpha value is -1.57. The fourth-order valence-corrected chi connectivity index (χ4v) is 5.47. The van der Waals surface area contributed by atoms with Crippen LogP contribution in [-0.2, 0) is 19.4 Å². The summed E-state index contributed by atoms with van der Waals surface area (Å²) < 4.78 is 4.41. The molecule has 3 rings (SSSR count). The van der Waals surface area contributed by atoms with Gasteiger partial charge < -0.3 is 0 Å². The molecule has 1 aliphatic carbocycles. The molecule has 1 atom stereocenters. The minimum absolute atomic E-state index is 0.330. The molecule has 0 radical (unpaired) electrons. The molecule has 2 aromatic carbocycles. The minimum atomic E-state index is -0.330. The molecule has 0 aromatic heterocycles. The first-order chi connectivity index (χ1) is 12.0. The van der Waals surface area contributed by atoms with E-state index in [9.17, 15) is 0 Å². The van der Waals surface area contributed by atoms with Crippen molar-refractivity contribution in [2.45, 2.75) is 45.3 Å². The predicted octanol–water partition coefficient (Wildman–Crippen LogP) is 6.52. The summed E-state index contributed by atoms with van der Waals surface area (Å²) in [6.45, 7) is 11.2. The van der Waals surface area contributed by atoms with Gasteiger partial charge >= 0.3 is 162 Å². The van der Waals surface area contributed by atoms with E-state index in [1.807, 2.05) is 0 Å². The van der Waals surface area contributed by atoms with Crippen molar-refractivity contribution in [3.63, 3.8) is 0 Å². The van der Waals surface area contributed by atoms with Crippen LogP contribution in [0.2, 0.25) is 0 Å². The molecule has 0 amide bonds. The normalized spacial score (nSPS) is 14.8. The Morgan fingerprint density at radius 1 is 1.00 bits per heavy atom. The molecule has 0 saturated heterocycles. The van der Waals surface area contributed by atoms with Crippen LogP contribution in [0.25, 0.3) is 5.57 Å². The molecule has 0 spiro atoms. The van der Waals surface area contributed by atoms with Gasteiger partial charge in [-0.3, -0.25) is 0 Å². The monoisotopic (exact) mass is 365 g/mol. The van der Waals surface area contributed by atoms with Gasteiger partial charge in [-0.05, 0) is 0 Å². The van der Waals surface area contributed by atoms with E-state index in [4.69, 9.17) is 0 Å². The van der Waals surface area contributed by atoms with Crippen LogP contribution >= 0.6 is 0 Å². The first kappa shape index (κ1) is 18.2. The summed E-state index contributed by atoms with van der Waals surface area (Å²) in [6, 6.07) is 13.5. The number of anilines is 1. The molecule has 0 fully saturated rings. The van der Waals surface area contributed by atoms with E-state index in [2.05, 4.69) is 87.0 Å². The van der Waals surface area contributed by atoms with Gasteiger partial charge in [0.15, 0.2) is 0 Å². The molecule has 1 aliphatic rings. The third-order valence-corrected chi connectivity index (χ3v) is 6.69. The van der Waals surface area contributed by atoms with Gasteiger partial charge in [0, 0.05) is 0 Å². The summed E-state index contributed by atoms with van der Waals surface area (Å²) >= 11 is -0.330. The Morgan fingerprint density at radius 3 is 2.32 bits per heavy atom. The molecule has 0 aliphatic heterocycles. The molecule has 2 aromatic rings. The van der Waals surface area contributed by atoms with Gasteiger partial charge in [0.25, 0.3) is 0 Å². The van der Waals surface area contributed by atoms with E-state index in [0.29, 0.717) is 4.22 Å². The summed E-state index contributed by atoms with van der Waals surface area (Å²) in [6.07, 6.45) is 5.73. The van der Waals surface area contributed by atoms with Crippen molar-refractivity contribution >= 4 is 11.3 Å². The molecular formula is C23H27NTi. The number of nitrogens with one attached hydrogen (secondary N) is 1. The molecule has 0 saturated carbocycles. The van der Waals surface area contributed by atoms with Crippen molar-refractivity contribution in [2.24, 2.45) is 0 Å². The van der Waals surface area contributed by atoms with Crippen LogP contribution in [0.3, 0.4) is 0 Å². The summed E-state index contributed by atoms with van der Waals surface area (Å²) in [5.74, 6) is 0. The fourth-order valence-electron chi connectivity index (χ4n) is 3.65. The second-order valence-electron chi connectivity index (χ2n) is 7.17. The van der Waals surface area contributed by atoms with E-state index in [1.54, 1.807) is 0 Å². The molecule has 1 unspecified atom stereocenters. The van der Waals surface area contributed by atoms with Gasteiger partial charge in [0.05, 0.1) is 0 Å². The van der Waals surface area contributed by atoms with Crippen molar-refractivity contribution in [3.8, 4) is 0 Å². The van der Waals surface area contributed by atoms with Crippen molar-refractivity contribution in [2.75, 3.05) is 3.80 Å². The maximum atomic E-state index is 3.83. The van der Waals surface area contributed by atoms with Crippen LogP contribution < -0.4 is 3.80 Å². The number of rotatable bonds is 5. The molecule has 128 valence electrons. The topological polar surface area (TPSA) is 12.0 Å². The molecule has 0 bridgehead atoms. The van der Waals surface area contributed by atoms with Crippen LogP contribution in [0.1, 0.15) is 52.3 Å². The van der Waals surface area contributed by atoms with Gasteiger partial charge in [-0.1, -0.05) is 0 Å². The van der Waals surface area contributed by atoms with Crippen LogP contribution in [0.4, 0.5) is 5.69 Å². The molecular weight excluding hydrogens is 338 g/mol. The van der Waals surface area contributed by atoms with Crippen molar-refractivity contribution < 1.29 is 19.4 Å². The number of hydrogen-bond donors (Lipinski definition) is 1. The van der Waals surface area contributed by atoms with Crippen molar-refractivity contribution in [1.82, 2.24) is 0 Å². The second kappa shape index (κ2) is 7.76. The second-order valence-corrected chi connectivity index (χ2v) is 9.37. The number of allylic oxidation sites excluding steroid dienone is 4. The molecule has 25 heavy (non-hydrogen) atoms. The van der Waals surface area contributed by atoms with E-state index in [-0.39, 0.29) is 19.4 Å². The first-order valence-electron chi connectivity index (χ1n) is 9.01. The average molecular weight is 365 g/mol. The van der Waals surface area contributed by atoms with E-state index >= 15 is 0 Å². The van der Waals surface area contributed by atoms with Crippen LogP contribution in [0.15, 0.2) is 54.1 Å². The molecule has 1 N–H and O–H groups in total. The Kier molecular flexibility index (Phi) is 5.66. The summed E-state index contributed by atoms with van der Waals surface area (Å²) in [5, 5.41) is 0. The van der Waals surface area contributed by atoms with Crippen LogP contribution in [0.5, 0.6) is 0 Å². The van der Waals surface area contributed by atoms with Crippen LogP contribution in [-0.4, -0.2) is 0 Å². The van der Waals surface area contributed by atoms with Crippen molar-refractivity contribution in [3.05, 3.63) is 81.9 Å². The third-order valence-electron chi connectivity index (χ3n) is 4.91. The average Bonchev–Trinajstić information content (AvgIpc) is 3.00. The standard InChI is InChI=1S/C14H15.C9H12N.Ti/c1-3-12-6-4-5-7-14(12)13-9-8-11(2)10-13;1-6-4-7(2)9(10)8(3)5-6;/h3-8,10H,9H2,1-2H3;4-5,10H,1-3H3;/q;-1;+1. The summed E-state index contributed by atoms with van der Waals surface area (Å²) in [4.78, 5) is 0. The molecule has 2 heteroatoms. The number of benzene rings is 2. The van der Waals surface area contributed by atoms with E-state index in [0.717, 1.165) is 6.42 Å². The SMILES string of the molecule is CC1=CCC(c2ccccc2[CH](C)[Ti][NH]c2c(C)cc(C)cc2C)=C1. The zero-order valence-corrected chi connectivity index (χ0v) is 17.5. The van der Waals surface area contributed by atoms with Crippen LogP contribution in [0, 0.1) is 20.8 Å². The van der Waals surface area contributed by atoms with E-state index < -0.39 is 0 Å². The van der Waals surface area contributed by atoms with Gasteiger partial charge in [0.2, 0.25) is 0 Å². The Balaban J connectivity index is 1.79. The quantitative estimate of drug-likeness (QED) is 0.595. The fraction of sp³-hybridized carbons (Fsp3) is 0.304. The summed E-state index contributed by atoms with van der Waals surface area (Å²) in [5.41, 5.74) is 11.2. The Labute approximate surface area is 161 Å². The Bertz CT molecular complexity index is 822. The van der Waals surface area contributed by atoms with Gasteiger partial charge in [0.1, 0.15) is 0 Å². The van der Waals surface area contributed by atoms with Gasteiger partial charge in [-0.25, -0.2) is 0 Å². The van der Waals surface area contributed by atoms with E-state index in [1.165, 1.54) is 44.7 Å². The maximum absolute atomic E-state index is 3.83. The zero-order chi connectivity index (χ0) is 18.0. The van der Waals surface area contributed by atoms with Crippen molar-refractivity contribution in [1.29, 1.82) is 0 Å². The zero-order valence-electron chi connectivity index (χ0n) is 15.9. The molecule has 1 nitrogen and oxygen atoms in total. The molecule has 0 heterocycles. The van der Waals surface area contributed by atoms with Gasteiger partial charge in [-0.2, -0.15) is 0 Å². The van der Waals surface area contributed by atoms with Gasteiger partial charge in [-0.15, -0.1) is 0 Å². The number of aryl methyl sites for hydroxylation is 3. The first-order valence-corrected chi connectivity index (χ1v) is 10.7. The summed E-state index contributed by atoms with van der Waals surface area (Å²) in [7, 11) is 0. The third kappa shape index (κ3) is 4.16. The number of hydrogen-bond acceptors (Lipinski definition) is 1. The predicted molar refractivity (Wildman–Crippen MR) is 105 cm³/mol.